The van der Waals surface area contributed by atoms with Crippen molar-refractivity contribution < 1.29 is 33.8 Å². The van der Waals surface area contributed by atoms with E-state index >= 15 is 0 Å². The molecule has 0 aromatic heterocycles. The maximum absolute atomic E-state index is 13.2. The Balaban J connectivity index is 2.17. The molecule has 1 aliphatic heterocycles. The van der Waals surface area contributed by atoms with Gasteiger partial charge in [0.1, 0.15) is 12.1 Å². The molecule has 180 valence electrons. The first-order chi connectivity index (χ1) is 15.5. The predicted molar refractivity (Wildman–Crippen MR) is 121 cm³/mol. The smallest absolute Gasteiger partial charge is 0.407 e. The average molecular weight is 527 g/mol. The summed E-state index contributed by atoms with van der Waals surface area (Å²) in [6.45, 7) is 2.82. The molecule has 0 aliphatic carbocycles. The summed E-state index contributed by atoms with van der Waals surface area (Å²) in [7, 11) is 1.17. The summed E-state index contributed by atoms with van der Waals surface area (Å²) in [6, 6.07) is 4.46. The lowest BCUT2D eigenvalue weighted by atomic mass is 10.0. The number of ketones is 1. The minimum Gasteiger partial charge on any atom is -0.465 e. The van der Waals surface area contributed by atoms with Gasteiger partial charge in [-0.3, -0.25) is 14.4 Å². The zero-order chi connectivity index (χ0) is 24.7. The van der Waals surface area contributed by atoms with E-state index in [1.807, 2.05) is 0 Å². The maximum Gasteiger partial charge on any atom is 0.407 e. The number of Topliss-reactive ketones (excluding diaryl/α,β-unsaturated/α-hetero) is 1. The number of rotatable bonds is 7. The highest BCUT2D eigenvalue weighted by molar-refractivity contribution is 9.10. The summed E-state index contributed by atoms with van der Waals surface area (Å²) in [6.07, 6.45) is -2.02. The highest BCUT2D eigenvalue weighted by Crippen LogP contribution is 2.16. The van der Waals surface area contributed by atoms with Gasteiger partial charge in [0.05, 0.1) is 20.2 Å². The van der Waals surface area contributed by atoms with Gasteiger partial charge in [-0.2, -0.15) is 0 Å². The number of carbonyl (C=O) groups excluding carboxylic acids is 4. The monoisotopic (exact) mass is 526 g/mol. The molecule has 4 amide bonds. The van der Waals surface area contributed by atoms with Crippen molar-refractivity contribution >= 4 is 45.7 Å². The second-order valence-electron chi connectivity index (χ2n) is 7.78. The van der Waals surface area contributed by atoms with Gasteiger partial charge in [0.25, 0.3) is 0 Å². The molecule has 1 saturated heterocycles. The van der Waals surface area contributed by atoms with Gasteiger partial charge in [-0.1, -0.05) is 41.9 Å². The van der Waals surface area contributed by atoms with Crippen molar-refractivity contribution in [1.82, 2.24) is 20.4 Å². The quantitative estimate of drug-likeness (QED) is 0.454. The Morgan fingerprint density at radius 2 is 1.79 bits per heavy atom. The van der Waals surface area contributed by atoms with Crippen molar-refractivity contribution in [3.63, 3.8) is 0 Å². The topological polar surface area (TPSA) is 145 Å². The molecular weight excluding hydrogens is 500 g/mol. The number of halogens is 1. The second kappa shape index (κ2) is 11.6. The Bertz CT molecular complexity index is 906. The predicted octanol–water partition coefficient (Wildman–Crippen LogP) is 1.32. The van der Waals surface area contributed by atoms with Crippen molar-refractivity contribution in [1.29, 1.82) is 0 Å². The van der Waals surface area contributed by atoms with Gasteiger partial charge in [0.2, 0.25) is 11.8 Å². The number of piperazine rings is 1. The van der Waals surface area contributed by atoms with Gasteiger partial charge < -0.3 is 30.3 Å². The molecule has 1 aromatic carbocycles. The van der Waals surface area contributed by atoms with Crippen LogP contribution in [0.1, 0.15) is 24.2 Å². The SMILES string of the molecule is COC(=O)NC(C(=O)N1CCN(C(=O)O)CC1C(=O)NCC(=O)c1ccc(Br)cc1)C(C)C. The molecule has 2 atom stereocenters. The summed E-state index contributed by atoms with van der Waals surface area (Å²) >= 11 is 3.28. The number of carboxylic acid groups (broad SMARTS) is 1. The lowest BCUT2D eigenvalue weighted by molar-refractivity contribution is -0.145. The maximum atomic E-state index is 13.2. The average Bonchev–Trinajstić information content (AvgIpc) is 2.79. The van der Waals surface area contributed by atoms with Crippen LogP contribution in [0, 0.1) is 5.92 Å². The first-order valence-electron chi connectivity index (χ1n) is 10.2. The number of ether oxygens (including phenoxy) is 1. The summed E-state index contributed by atoms with van der Waals surface area (Å²) in [5.74, 6) is -1.87. The molecule has 11 nitrogen and oxygen atoms in total. The number of alkyl carbamates (subject to hydrolysis) is 1. The van der Waals surface area contributed by atoms with E-state index in [2.05, 4.69) is 31.3 Å². The molecule has 0 radical (unpaired) electrons. The molecule has 12 heteroatoms. The molecule has 1 heterocycles. The van der Waals surface area contributed by atoms with Crippen LogP contribution in [0.2, 0.25) is 0 Å². The zero-order valence-corrected chi connectivity index (χ0v) is 20.1. The van der Waals surface area contributed by atoms with Crippen LogP contribution in [0.25, 0.3) is 0 Å². The van der Waals surface area contributed by atoms with Gasteiger partial charge in [-0.25, -0.2) is 9.59 Å². The van der Waals surface area contributed by atoms with E-state index < -0.39 is 36.1 Å². The van der Waals surface area contributed by atoms with E-state index in [0.717, 1.165) is 9.37 Å². The van der Waals surface area contributed by atoms with Crippen LogP contribution >= 0.6 is 15.9 Å². The van der Waals surface area contributed by atoms with Crippen LogP contribution in [-0.2, 0) is 14.3 Å². The van der Waals surface area contributed by atoms with E-state index in [9.17, 15) is 29.1 Å². The molecule has 1 aromatic rings. The Morgan fingerprint density at radius 3 is 2.33 bits per heavy atom. The summed E-state index contributed by atoms with van der Waals surface area (Å²) in [5.41, 5.74) is 0.393. The van der Waals surface area contributed by atoms with Crippen LogP contribution in [0.4, 0.5) is 9.59 Å². The lowest BCUT2D eigenvalue weighted by Crippen LogP contribution is -2.65. The number of benzene rings is 1. The molecule has 2 unspecified atom stereocenters. The Hall–Kier alpha value is -3.15. The van der Waals surface area contributed by atoms with Crippen molar-refractivity contribution in [3.8, 4) is 0 Å². The third-order valence-electron chi connectivity index (χ3n) is 5.22. The number of hydrogen-bond acceptors (Lipinski definition) is 6. The first-order valence-corrected chi connectivity index (χ1v) is 11.0. The van der Waals surface area contributed by atoms with Gasteiger partial charge in [0.15, 0.2) is 5.78 Å². The second-order valence-corrected chi connectivity index (χ2v) is 8.70. The van der Waals surface area contributed by atoms with E-state index in [0.29, 0.717) is 5.56 Å². The number of methoxy groups -OCH3 is 1. The van der Waals surface area contributed by atoms with Crippen LogP contribution in [0.15, 0.2) is 28.7 Å². The van der Waals surface area contributed by atoms with Gasteiger partial charge in [-0.05, 0) is 18.1 Å². The Labute approximate surface area is 199 Å². The van der Waals surface area contributed by atoms with Gasteiger partial charge in [-0.15, -0.1) is 0 Å². The van der Waals surface area contributed by atoms with E-state index in [1.54, 1.807) is 38.1 Å². The lowest BCUT2D eigenvalue weighted by Gasteiger charge is -2.41. The molecular formula is C21H27BrN4O7. The fourth-order valence-electron chi connectivity index (χ4n) is 3.35. The summed E-state index contributed by atoms with van der Waals surface area (Å²) in [4.78, 5) is 64.0. The number of carbonyl (C=O) groups is 5. The standard InChI is InChI=1S/C21H27BrN4O7/c1-12(2)17(24-20(30)33-3)19(29)26-9-8-25(21(31)32)11-15(26)18(28)23-10-16(27)13-4-6-14(22)7-5-13/h4-7,12,15,17H,8-11H2,1-3H3,(H,23,28)(H,24,30)(H,31,32). The van der Waals surface area contributed by atoms with Crippen molar-refractivity contribution in [3.05, 3.63) is 34.3 Å². The molecule has 0 spiro atoms. The van der Waals surface area contributed by atoms with Gasteiger partial charge >= 0.3 is 12.2 Å². The number of nitrogens with one attached hydrogen (secondary N) is 2. The van der Waals surface area contributed by atoms with Crippen LogP contribution in [0.5, 0.6) is 0 Å². The van der Waals surface area contributed by atoms with E-state index in [4.69, 9.17) is 0 Å². The first kappa shape index (κ1) is 26.1. The number of amides is 4. The van der Waals surface area contributed by atoms with Crippen molar-refractivity contribution in [2.45, 2.75) is 25.9 Å². The van der Waals surface area contributed by atoms with Crippen molar-refractivity contribution in [2.24, 2.45) is 5.92 Å². The van der Waals surface area contributed by atoms with E-state index in [1.165, 1.54) is 12.0 Å². The minimum atomic E-state index is -1.22. The summed E-state index contributed by atoms with van der Waals surface area (Å²) in [5, 5.41) is 14.3. The zero-order valence-electron chi connectivity index (χ0n) is 18.5. The number of hydrogen-bond donors (Lipinski definition) is 3. The Morgan fingerprint density at radius 1 is 1.15 bits per heavy atom. The van der Waals surface area contributed by atoms with Crippen LogP contribution in [0.3, 0.4) is 0 Å². The summed E-state index contributed by atoms with van der Waals surface area (Å²) < 4.78 is 5.38. The third kappa shape index (κ3) is 6.91. The molecule has 0 bridgehead atoms. The highest BCUT2D eigenvalue weighted by atomic mass is 79.9. The molecule has 1 fully saturated rings. The van der Waals surface area contributed by atoms with E-state index in [-0.39, 0.29) is 37.9 Å². The molecule has 1 aliphatic rings. The molecule has 3 N–H and O–H groups in total. The molecule has 0 saturated carbocycles. The molecule has 2 rings (SSSR count). The molecule has 33 heavy (non-hydrogen) atoms. The van der Waals surface area contributed by atoms with Crippen LogP contribution < -0.4 is 10.6 Å². The normalized spacial score (nSPS) is 16.7. The number of nitrogens with zero attached hydrogens (tertiary/aromatic N) is 2. The minimum absolute atomic E-state index is 0.00567. The fraction of sp³-hybridized carbons (Fsp3) is 0.476. The van der Waals surface area contributed by atoms with Gasteiger partial charge in [0, 0.05) is 23.1 Å². The van der Waals surface area contributed by atoms with Crippen molar-refractivity contribution in [2.75, 3.05) is 33.3 Å². The Kier molecular flexibility index (Phi) is 9.21. The largest absolute Gasteiger partial charge is 0.465 e. The fourth-order valence-corrected chi connectivity index (χ4v) is 3.61. The van der Waals surface area contributed by atoms with Crippen LogP contribution in [-0.4, -0.2) is 90.1 Å². The highest BCUT2D eigenvalue weighted by Gasteiger charge is 2.40. The third-order valence-corrected chi connectivity index (χ3v) is 5.75.